The molecule has 7 nitrogen and oxygen atoms in total. The molecule has 2 aromatic carbocycles. The molecule has 3 rings (SSSR count). The van der Waals surface area contributed by atoms with Crippen LogP contribution in [0.4, 0.5) is 0 Å². The molecule has 0 radical (unpaired) electrons. The SMILES string of the molecule is COC(=O)Cn1c(=NC(=O)c2ccccc2I)sc2cc(C(=O)OC)ccc21. The molecule has 0 unspecified atom stereocenters. The van der Waals surface area contributed by atoms with Crippen molar-refractivity contribution >= 4 is 62.0 Å². The Hall–Kier alpha value is -2.53. The highest BCUT2D eigenvalue weighted by molar-refractivity contribution is 14.1. The summed E-state index contributed by atoms with van der Waals surface area (Å²) in [6, 6.07) is 12.1. The largest absolute Gasteiger partial charge is 0.468 e. The predicted molar refractivity (Wildman–Crippen MR) is 112 cm³/mol. The van der Waals surface area contributed by atoms with E-state index in [1.165, 1.54) is 25.6 Å². The van der Waals surface area contributed by atoms with Crippen molar-refractivity contribution in [1.29, 1.82) is 0 Å². The van der Waals surface area contributed by atoms with Crippen molar-refractivity contribution < 1.29 is 23.9 Å². The summed E-state index contributed by atoms with van der Waals surface area (Å²) >= 11 is 3.28. The van der Waals surface area contributed by atoms with E-state index in [4.69, 9.17) is 9.47 Å². The van der Waals surface area contributed by atoms with Crippen LogP contribution in [0.15, 0.2) is 47.5 Å². The minimum Gasteiger partial charge on any atom is -0.468 e. The van der Waals surface area contributed by atoms with Gasteiger partial charge >= 0.3 is 11.9 Å². The number of amides is 1. The number of carbonyl (C=O) groups excluding carboxylic acids is 3. The number of aromatic nitrogens is 1. The van der Waals surface area contributed by atoms with Crippen molar-refractivity contribution in [2.24, 2.45) is 4.99 Å². The van der Waals surface area contributed by atoms with Crippen LogP contribution in [0.25, 0.3) is 10.2 Å². The van der Waals surface area contributed by atoms with E-state index in [0.29, 0.717) is 26.1 Å². The number of thiazole rings is 1. The lowest BCUT2D eigenvalue weighted by molar-refractivity contribution is -0.141. The zero-order valence-corrected chi connectivity index (χ0v) is 17.9. The molecule has 3 aromatic rings. The quantitative estimate of drug-likeness (QED) is 0.398. The van der Waals surface area contributed by atoms with Crippen molar-refractivity contribution in [2.75, 3.05) is 14.2 Å². The Kier molecular flexibility index (Phi) is 6.25. The fourth-order valence-electron chi connectivity index (χ4n) is 2.53. The van der Waals surface area contributed by atoms with E-state index in [2.05, 4.69) is 27.6 Å². The first-order chi connectivity index (χ1) is 13.4. The van der Waals surface area contributed by atoms with Crippen molar-refractivity contribution in [2.45, 2.75) is 6.54 Å². The zero-order valence-electron chi connectivity index (χ0n) is 15.0. The summed E-state index contributed by atoms with van der Waals surface area (Å²) < 4.78 is 12.6. The summed E-state index contributed by atoms with van der Waals surface area (Å²) in [7, 11) is 2.60. The van der Waals surface area contributed by atoms with Gasteiger partial charge in [-0.3, -0.25) is 9.59 Å². The van der Waals surface area contributed by atoms with E-state index in [-0.39, 0.29) is 6.54 Å². The molecular weight excluding hydrogens is 495 g/mol. The lowest BCUT2D eigenvalue weighted by Crippen LogP contribution is -2.22. The number of halogens is 1. The molecule has 0 saturated heterocycles. The maximum Gasteiger partial charge on any atom is 0.337 e. The van der Waals surface area contributed by atoms with Crippen LogP contribution in [0.5, 0.6) is 0 Å². The molecule has 0 aliphatic carbocycles. The Morgan fingerprint density at radius 3 is 2.54 bits per heavy atom. The monoisotopic (exact) mass is 510 g/mol. The van der Waals surface area contributed by atoms with Crippen LogP contribution in [-0.4, -0.2) is 36.6 Å². The summed E-state index contributed by atoms with van der Waals surface area (Å²) in [5, 5.41) is 0. The van der Waals surface area contributed by atoms with E-state index < -0.39 is 17.8 Å². The van der Waals surface area contributed by atoms with Crippen LogP contribution in [-0.2, 0) is 20.8 Å². The Morgan fingerprint density at radius 2 is 1.86 bits per heavy atom. The first-order valence-electron chi connectivity index (χ1n) is 8.06. The van der Waals surface area contributed by atoms with Gasteiger partial charge in [-0.15, -0.1) is 0 Å². The molecule has 28 heavy (non-hydrogen) atoms. The van der Waals surface area contributed by atoms with Gasteiger partial charge in [0.2, 0.25) is 0 Å². The number of fused-ring (bicyclic) bond motifs is 1. The van der Waals surface area contributed by atoms with Crippen LogP contribution >= 0.6 is 33.9 Å². The van der Waals surface area contributed by atoms with Crippen molar-refractivity contribution in [1.82, 2.24) is 4.57 Å². The van der Waals surface area contributed by atoms with Crippen LogP contribution in [0.3, 0.4) is 0 Å². The number of methoxy groups -OCH3 is 2. The van der Waals surface area contributed by atoms with Gasteiger partial charge in [-0.25, -0.2) is 4.79 Å². The van der Waals surface area contributed by atoms with Gasteiger partial charge in [-0.05, 0) is 52.9 Å². The molecule has 1 aromatic heterocycles. The lowest BCUT2D eigenvalue weighted by Gasteiger charge is -2.04. The number of rotatable bonds is 4. The Labute approximate surface area is 177 Å². The van der Waals surface area contributed by atoms with Gasteiger partial charge in [0, 0.05) is 3.57 Å². The van der Waals surface area contributed by atoms with E-state index in [1.54, 1.807) is 34.9 Å². The van der Waals surface area contributed by atoms with Gasteiger partial charge in [0.1, 0.15) is 6.54 Å². The third kappa shape index (κ3) is 4.14. The molecule has 0 saturated carbocycles. The normalized spacial score (nSPS) is 11.5. The first-order valence-corrected chi connectivity index (χ1v) is 9.96. The maximum atomic E-state index is 12.7. The number of ether oxygens (including phenoxy) is 2. The number of nitrogens with zero attached hydrogens (tertiary/aromatic N) is 2. The predicted octanol–water partition coefficient (Wildman–Crippen LogP) is 3.01. The fourth-order valence-corrected chi connectivity index (χ4v) is 4.22. The lowest BCUT2D eigenvalue weighted by atomic mass is 10.2. The molecule has 0 N–H and O–H groups in total. The summed E-state index contributed by atoms with van der Waals surface area (Å²) in [4.78, 5) is 40.9. The van der Waals surface area contributed by atoms with Gasteiger partial charge in [0.05, 0.1) is 35.6 Å². The molecule has 1 amide bonds. The van der Waals surface area contributed by atoms with E-state index in [1.807, 2.05) is 12.1 Å². The van der Waals surface area contributed by atoms with E-state index in [9.17, 15) is 14.4 Å². The Bertz CT molecular complexity index is 1150. The standard InChI is InChI=1S/C19H15IN2O5S/c1-26-16(23)10-22-14-8-7-11(18(25)27-2)9-15(14)28-19(22)21-17(24)12-5-3-4-6-13(12)20/h3-9H,10H2,1-2H3. The van der Waals surface area contributed by atoms with Crippen LogP contribution < -0.4 is 4.80 Å². The second-order valence-corrected chi connectivity index (χ2v) is 7.79. The molecule has 9 heteroatoms. The number of esters is 2. The highest BCUT2D eigenvalue weighted by Crippen LogP contribution is 2.20. The smallest absolute Gasteiger partial charge is 0.337 e. The molecule has 1 heterocycles. The van der Waals surface area contributed by atoms with E-state index >= 15 is 0 Å². The minimum absolute atomic E-state index is 0.105. The van der Waals surface area contributed by atoms with Gasteiger partial charge in [-0.1, -0.05) is 23.5 Å². The van der Waals surface area contributed by atoms with Crippen molar-refractivity contribution in [3.8, 4) is 0 Å². The number of carbonyl (C=O) groups is 3. The first kappa shape index (κ1) is 20.2. The summed E-state index contributed by atoms with van der Waals surface area (Å²) in [6.45, 7) is -0.105. The fraction of sp³-hybridized carbons (Fsp3) is 0.158. The maximum absolute atomic E-state index is 12.7. The van der Waals surface area contributed by atoms with Gasteiger partial charge in [-0.2, -0.15) is 4.99 Å². The van der Waals surface area contributed by atoms with Gasteiger partial charge in [0.25, 0.3) is 5.91 Å². The van der Waals surface area contributed by atoms with Crippen LogP contribution in [0.2, 0.25) is 0 Å². The van der Waals surface area contributed by atoms with Crippen molar-refractivity contribution in [3.63, 3.8) is 0 Å². The second kappa shape index (κ2) is 8.65. The highest BCUT2D eigenvalue weighted by Gasteiger charge is 2.15. The Balaban J connectivity index is 2.17. The van der Waals surface area contributed by atoms with Gasteiger partial charge in [0.15, 0.2) is 4.80 Å². The topological polar surface area (TPSA) is 87.0 Å². The van der Waals surface area contributed by atoms with Crippen LogP contribution in [0.1, 0.15) is 20.7 Å². The second-order valence-electron chi connectivity index (χ2n) is 5.62. The third-order valence-electron chi connectivity index (χ3n) is 3.92. The summed E-state index contributed by atoms with van der Waals surface area (Å²) in [5.41, 5.74) is 1.51. The number of hydrogen-bond donors (Lipinski definition) is 0. The molecule has 0 spiro atoms. The highest BCUT2D eigenvalue weighted by atomic mass is 127. The average Bonchev–Trinajstić information content (AvgIpc) is 3.03. The molecular formula is C19H15IN2O5S. The minimum atomic E-state index is -0.472. The van der Waals surface area contributed by atoms with Gasteiger partial charge < -0.3 is 14.0 Å². The Morgan fingerprint density at radius 1 is 1.11 bits per heavy atom. The van der Waals surface area contributed by atoms with E-state index in [0.717, 1.165) is 3.57 Å². The molecule has 0 fully saturated rings. The molecule has 0 aliphatic rings. The molecule has 0 aliphatic heterocycles. The summed E-state index contributed by atoms with van der Waals surface area (Å²) in [6.07, 6.45) is 0. The molecule has 0 atom stereocenters. The number of hydrogen-bond acceptors (Lipinski definition) is 6. The summed E-state index contributed by atoms with van der Waals surface area (Å²) in [5.74, 6) is -1.36. The zero-order chi connectivity index (χ0) is 20.3. The number of benzene rings is 2. The van der Waals surface area contributed by atoms with Crippen LogP contribution in [0, 0.1) is 3.57 Å². The van der Waals surface area contributed by atoms with Crippen molar-refractivity contribution in [3.05, 3.63) is 62.0 Å². The molecule has 144 valence electrons. The third-order valence-corrected chi connectivity index (χ3v) is 5.90. The average molecular weight is 510 g/mol. The molecule has 0 bridgehead atoms.